The largest absolute Gasteiger partial charge is 0.453 e. The number of aliphatic hydroxyl groups is 1. The zero-order chi connectivity index (χ0) is 31.1. The Kier molecular flexibility index (Phi) is 10.4. The zero-order valence-electron chi connectivity index (χ0n) is 24.9. The Morgan fingerprint density at radius 2 is 1.80 bits per heavy atom. The Morgan fingerprint density at radius 1 is 1.05 bits per heavy atom. The van der Waals surface area contributed by atoms with Crippen molar-refractivity contribution in [3.8, 4) is 11.1 Å². The molecule has 1 fully saturated rings. The van der Waals surface area contributed by atoms with E-state index in [-0.39, 0.29) is 24.7 Å². The highest BCUT2D eigenvalue weighted by molar-refractivity contribution is 7.99. The van der Waals surface area contributed by atoms with E-state index in [1.54, 1.807) is 25.0 Å². The Morgan fingerprint density at radius 3 is 2.48 bits per heavy atom. The molecule has 3 aromatic carbocycles. The Bertz CT molecular complexity index is 1560. The Balaban J connectivity index is 1.28. The van der Waals surface area contributed by atoms with Crippen LogP contribution >= 0.6 is 11.8 Å². The van der Waals surface area contributed by atoms with E-state index in [9.17, 15) is 14.7 Å². The van der Waals surface area contributed by atoms with Gasteiger partial charge in [0.2, 0.25) is 0 Å². The summed E-state index contributed by atoms with van der Waals surface area (Å²) in [5, 5.41) is 21.3. The minimum atomic E-state index is -0.850. The van der Waals surface area contributed by atoms with Gasteiger partial charge in [-0.25, -0.2) is 0 Å². The number of nitrogens with one attached hydrogen (secondary N) is 1. The minimum Gasteiger partial charge on any atom is -0.453 e. The summed E-state index contributed by atoms with van der Waals surface area (Å²) < 4.78 is 19.8. The summed E-state index contributed by atoms with van der Waals surface area (Å²) in [6.45, 7) is 3.13. The van der Waals surface area contributed by atoms with Crippen LogP contribution in [0.2, 0.25) is 0 Å². The first-order chi connectivity index (χ1) is 21.3. The molecule has 0 spiro atoms. The molecule has 11 heteroatoms. The summed E-state index contributed by atoms with van der Waals surface area (Å²) >= 11 is 1.60. The first-order valence-corrected chi connectivity index (χ1v) is 15.4. The molecule has 2 heterocycles. The fraction of sp³-hybridized carbons (Fsp3) is 0.333. The lowest BCUT2D eigenvalue weighted by atomic mass is 9.99. The summed E-state index contributed by atoms with van der Waals surface area (Å²) in [4.78, 5) is 23.4. The second kappa shape index (κ2) is 14.6. The molecule has 0 radical (unpaired) electrons. The highest BCUT2D eigenvalue weighted by Crippen LogP contribution is 2.39. The van der Waals surface area contributed by atoms with Crippen LogP contribution < -0.4 is 5.32 Å². The van der Waals surface area contributed by atoms with Crippen molar-refractivity contribution in [1.82, 2.24) is 20.1 Å². The van der Waals surface area contributed by atoms with Crippen molar-refractivity contribution in [2.75, 3.05) is 5.75 Å². The molecule has 10 nitrogen and oxygen atoms in total. The van der Waals surface area contributed by atoms with Crippen molar-refractivity contribution in [3.63, 3.8) is 0 Å². The van der Waals surface area contributed by atoms with Gasteiger partial charge in [-0.2, -0.15) is 0 Å². The molecule has 1 aliphatic heterocycles. The fourth-order valence-electron chi connectivity index (χ4n) is 4.92. The average molecular weight is 617 g/mol. The number of ether oxygens (including phenoxy) is 3. The first kappa shape index (κ1) is 31.4. The number of hydrogen-bond donors (Lipinski definition) is 2. The molecule has 1 aliphatic rings. The van der Waals surface area contributed by atoms with Gasteiger partial charge < -0.3 is 29.2 Å². The first-order valence-electron chi connectivity index (χ1n) is 14.4. The number of aliphatic hydroxyl groups excluding tert-OH is 1. The van der Waals surface area contributed by atoms with Gasteiger partial charge in [-0.15, -0.1) is 10.2 Å². The number of esters is 1. The van der Waals surface area contributed by atoms with E-state index in [2.05, 4.69) is 15.5 Å². The number of benzene rings is 3. The second-order valence-corrected chi connectivity index (χ2v) is 11.7. The molecule has 2 N–H and O–H groups in total. The van der Waals surface area contributed by atoms with Crippen molar-refractivity contribution < 1.29 is 28.9 Å². The van der Waals surface area contributed by atoms with E-state index < -0.39 is 18.4 Å². The standard InChI is InChI=1S/C33H36N4O6S/c1-21(41-22(2)39)31(40)34-17-24-5-4-6-28(15-24)25-11-13-27(14-12-25)32-42-29(19-44-33-36-35-20-37(33)3)16-30(43-32)26-9-7-23(18-38)8-10-26/h4-15,20-21,29-30,32,38H,16-19H2,1-3H3,(H,34,40)/t21-,29+,30-,32-/m0/s1. The van der Waals surface area contributed by atoms with Crippen molar-refractivity contribution in [1.29, 1.82) is 0 Å². The number of nitrogens with zero attached hydrogens (tertiary/aromatic N) is 3. The molecular formula is C33H36N4O6S. The lowest BCUT2D eigenvalue weighted by molar-refractivity contribution is -0.245. The lowest BCUT2D eigenvalue weighted by Gasteiger charge is -2.36. The number of aromatic nitrogens is 3. The Labute approximate surface area is 260 Å². The van der Waals surface area contributed by atoms with Gasteiger partial charge >= 0.3 is 5.97 Å². The zero-order valence-corrected chi connectivity index (χ0v) is 25.7. The molecule has 4 aromatic rings. The smallest absolute Gasteiger partial charge is 0.303 e. The summed E-state index contributed by atoms with van der Waals surface area (Å²) in [6.07, 6.45) is 0.681. The highest BCUT2D eigenvalue weighted by atomic mass is 32.2. The molecule has 0 aliphatic carbocycles. The van der Waals surface area contributed by atoms with E-state index in [0.717, 1.165) is 38.5 Å². The summed E-state index contributed by atoms with van der Waals surface area (Å²) in [5.41, 5.74) is 5.73. The molecule has 1 aromatic heterocycles. The number of amides is 1. The van der Waals surface area contributed by atoms with Gasteiger partial charge in [0.25, 0.3) is 5.91 Å². The molecule has 44 heavy (non-hydrogen) atoms. The van der Waals surface area contributed by atoms with Crippen molar-refractivity contribution in [3.05, 3.63) is 101 Å². The third-order valence-electron chi connectivity index (χ3n) is 7.31. The molecular weight excluding hydrogens is 580 g/mol. The number of rotatable bonds is 11. The predicted molar refractivity (Wildman–Crippen MR) is 165 cm³/mol. The fourth-order valence-corrected chi connectivity index (χ4v) is 5.83. The Hall–Kier alpha value is -4.03. The average Bonchev–Trinajstić information content (AvgIpc) is 3.46. The third kappa shape index (κ3) is 8.11. The second-order valence-electron chi connectivity index (χ2n) is 10.7. The molecule has 0 bridgehead atoms. The van der Waals surface area contributed by atoms with Gasteiger partial charge in [-0.1, -0.05) is 78.5 Å². The molecule has 230 valence electrons. The van der Waals surface area contributed by atoms with Crippen LogP contribution in [0.4, 0.5) is 0 Å². The maximum Gasteiger partial charge on any atom is 0.303 e. The van der Waals surface area contributed by atoms with Crippen LogP contribution in [0.15, 0.2) is 84.3 Å². The van der Waals surface area contributed by atoms with Gasteiger partial charge in [0, 0.05) is 38.3 Å². The maximum atomic E-state index is 12.2. The number of thioether (sulfide) groups is 1. The van der Waals surface area contributed by atoms with Crippen molar-refractivity contribution >= 4 is 23.6 Å². The van der Waals surface area contributed by atoms with Crippen LogP contribution in [0.1, 0.15) is 54.9 Å². The lowest BCUT2D eigenvalue weighted by Crippen LogP contribution is -2.35. The molecule has 1 saturated heterocycles. The quantitative estimate of drug-likeness (QED) is 0.179. The maximum absolute atomic E-state index is 12.2. The molecule has 4 atom stereocenters. The monoisotopic (exact) mass is 616 g/mol. The minimum absolute atomic E-state index is 0.00626. The molecule has 5 rings (SSSR count). The normalized spacial score (nSPS) is 18.9. The topological polar surface area (TPSA) is 125 Å². The van der Waals surface area contributed by atoms with Crippen LogP contribution in [0.5, 0.6) is 0 Å². The van der Waals surface area contributed by atoms with Gasteiger partial charge in [0.15, 0.2) is 17.6 Å². The molecule has 1 amide bonds. The number of aryl methyl sites for hydroxylation is 1. The van der Waals surface area contributed by atoms with Crippen molar-refractivity contribution in [2.24, 2.45) is 7.05 Å². The van der Waals surface area contributed by atoms with E-state index in [0.29, 0.717) is 18.7 Å². The number of carbonyl (C=O) groups excluding carboxylic acids is 2. The van der Waals surface area contributed by atoms with Gasteiger partial charge in [-0.3, -0.25) is 9.59 Å². The third-order valence-corrected chi connectivity index (χ3v) is 8.47. The highest BCUT2D eigenvalue weighted by Gasteiger charge is 2.32. The number of hydrogen-bond acceptors (Lipinski definition) is 9. The SMILES string of the molecule is CC(=O)O[C@@H](C)C(=O)NCc1cccc(-c2ccc([C@H]3O[C@@H](CSc4nncn4C)C[C@@H](c4ccc(CO)cc4)O3)cc2)c1. The van der Waals surface area contributed by atoms with E-state index in [4.69, 9.17) is 14.2 Å². The van der Waals surface area contributed by atoms with Crippen LogP contribution in [-0.4, -0.2) is 49.7 Å². The van der Waals surface area contributed by atoms with Crippen LogP contribution in [0, 0.1) is 0 Å². The van der Waals surface area contributed by atoms with Crippen LogP contribution in [-0.2, 0) is 44.0 Å². The van der Waals surface area contributed by atoms with Gasteiger partial charge in [-0.05, 0) is 40.8 Å². The van der Waals surface area contributed by atoms with Gasteiger partial charge in [0.1, 0.15) is 6.33 Å². The summed E-state index contributed by atoms with van der Waals surface area (Å²) in [7, 11) is 1.92. The van der Waals surface area contributed by atoms with Gasteiger partial charge in [0.05, 0.1) is 18.8 Å². The molecule has 0 unspecified atom stereocenters. The number of carbonyl (C=O) groups is 2. The predicted octanol–water partition coefficient (Wildman–Crippen LogP) is 4.88. The van der Waals surface area contributed by atoms with E-state index in [1.807, 2.05) is 84.4 Å². The summed E-state index contributed by atoms with van der Waals surface area (Å²) in [5.74, 6) is -0.150. The summed E-state index contributed by atoms with van der Waals surface area (Å²) in [6, 6.07) is 23.8. The molecule has 0 saturated carbocycles. The van der Waals surface area contributed by atoms with Crippen molar-refractivity contribution in [2.45, 2.75) is 63.2 Å². The van der Waals surface area contributed by atoms with E-state index >= 15 is 0 Å². The van der Waals surface area contributed by atoms with E-state index in [1.165, 1.54) is 6.92 Å². The van der Waals surface area contributed by atoms with Crippen LogP contribution in [0.3, 0.4) is 0 Å². The van der Waals surface area contributed by atoms with Crippen LogP contribution in [0.25, 0.3) is 11.1 Å².